The fraction of sp³-hybridized carbons (Fsp3) is 0.833. The van der Waals surface area contributed by atoms with E-state index in [4.69, 9.17) is 5.11 Å². The lowest BCUT2D eigenvalue weighted by Gasteiger charge is -2.23. The van der Waals surface area contributed by atoms with Gasteiger partial charge in [-0.3, -0.25) is 0 Å². The first-order chi connectivity index (χ1) is 8.04. The summed E-state index contributed by atoms with van der Waals surface area (Å²) >= 11 is 0. The summed E-state index contributed by atoms with van der Waals surface area (Å²) in [5.41, 5.74) is 0. The predicted octanol–water partition coefficient (Wildman–Crippen LogP) is 1.68. The standard InChI is InChI=1S/C12H22N2O3/c1-3-10(11(15)16)13-12(17)14-7-4-5-9(2)6-8-14/h9-10H,3-8H2,1-2H3,(H,13,17)(H,15,16)/t9?,10-/m1/s1. The highest BCUT2D eigenvalue weighted by Crippen LogP contribution is 2.16. The van der Waals surface area contributed by atoms with Crippen LogP contribution < -0.4 is 5.32 Å². The third kappa shape index (κ3) is 4.24. The van der Waals surface area contributed by atoms with E-state index in [0.29, 0.717) is 12.3 Å². The molecular formula is C12H22N2O3. The van der Waals surface area contributed by atoms with Crippen molar-refractivity contribution < 1.29 is 14.7 Å². The highest BCUT2D eigenvalue weighted by atomic mass is 16.4. The van der Waals surface area contributed by atoms with Crippen LogP contribution in [0.5, 0.6) is 0 Å². The van der Waals surface area contributed by atoms with Crippen LogP contribution in [-0.2, 0) is 4.79 Å². The van der Waals surface area contributed by atoms with Gasteiger partial charge in [0.1, 0.15) is 6.04 Å². The van der Waals surface area contributed by atoms with Crippen molar-refractivity contribution in [3.05, 3.63) is 0 Å². The number of aliphatic carboxylic acids is 1. The number of likely N-dealkylation sites (tertiary alicyclic amines) is 1. The first-order valence-corrected chi connectivity index (χ1v) is 6.32. The molecule has 2 N–H and O–H groups in total. The van der Waals surface area contributed by atoms with Gasteiger partial charge in [-0.1, -0.05) is 13.8 Å². The molecule has 5 heteroatoms. The van der Waals surface area contributed by atoms with Crippen LogP contribution in [0.4, 0.5) is 4.79 Å². The normalized spacial score (nSPS) is 22.7. The van der Waals surface area contributed by atoms with Gasteiger partial charge in [0.05, 0.1) is 0 Å². The molecule has 0 aromatic rings. The van der Waals surface area contributed by atoms with Gasteiger partial charge in [0.15, 0.2) is 0 Å². The first kappa shape index (κ1) is 13.8. The molecule has 0 aromatic heterocycles. The van der Waals surface area contributed by atoms with Gasteiger partial charge in [0.2, 0.25) is 0 Å². The Morgan fingerprint density at radius 1 is 1.41 bits per heavy atom. The maximum absolute atomic E-state index is 11.9. The van der Waals surface area contributed by atoms with Crippen molar-refractivity contribution in [1.29, 1.82) is 0 Å². The molecule has 1 heterocycles. The Morgan fingerprint density at radius 3 is 2.71 bits per heavy atom. The van der Waals surface area contributed by atoms with Crippen LogP contribution >= 0.6 is 0 Å². The summed E-state index contributed by atoms with van der Waals surface area (Å²) < 4.78 is 0. The van der Waals surface area contributed by atoms with Gasteiger partial charge in [-0.05, 0) is 31.6 Å². The lowest BCUT2D eigenvalue weighted by molar-refractivity contribution is -0.139. The van der Waals surface area contributed by atoms with E-state index in [-0.39, 0.29) is 6.03 Å². The lowest BCUT2D eigenvalue weighted by Crippen LogP contribution is -2.48. The number of carbonyl (C=O) groups is 2. The van der Waals surface area contributed by atoms with Crippen molar-refractivity contribution in [2.45, 2.75) is 45.6 Å². The molecule has 17 heavy (non-hydrogen) atoms. The predicted molar refractivity (Wildman–Crippen MR) is 64.8 cm³/mol. The third-order valence-corrected chi connectivity index (χ3v) is 3.31. The van der Waals surface area contributed by atoms with Gasteiger partial charge in [0, 0.05) is 13.1 Å². The van der Waals surface area contributed by atoms with Crippen LogP contribution in [-0.4, -0.2) is 41.1 Å². The van der Waals surface area contributed by atoms with Gasteiger partial charge >= 0.3 is 12.0 Å². The molecule has 2 amide bonds. The Balaban J connectivity index is 2.48. The van der Waals surface area contributed by atoms with Crippen molar-refractivity contribution in [2.75, 3.05) is 13.1 Å². The molecule has 0 aromatic carbocycles. The van der Waals surface area contributed by atoms with E-state index < -0.39 is 12.0 Å². The molecular weight excluding hydrogens is 220 g/mol. The molecule has 0 spiro atoms. The number of nitrogens with zero attached hydrogens (tertiary/aromatic N) is 1. The number of carboxylic acids is 1. The Labute approximate surface area is 102 Å². The number of carboxylic acid groups (broad SMARTS) is 1. The van der Waals surface area contributed by atoms with Gasteiger partial charge in [-0.2, -0.15) is 0 Å². The molecule has 1 saturated heterocycles. The Morgan fingerprint density at radius 2 is 2.12 bits per heavy atom. The lowest BCUT2D eigenvalue weighted by atomic mass is 10.0. The summed E-state index contributed by atoms with van der Waals surface area (Å²) in [5, 5.41) is 11.5. The van der Waals surface area contributed by atoms with Gasteiger partial charge in [0.25, 0.3) is 0 Å². The summed E-state index contributed by atoms with van der Waals surface area (Å²) in [4.78, 5) is 24.4. The number of carbonyl (C=O) groups excluding carboxylic acids is 1. The zero-order valence-electron chi connectivity index (χ0n) is 10.6. The summed E-state index contributed by atoms with van der Waals surface area (Å²) in [6.45, 7) is 5.40. The van der Waals surface area contributed by atoms with E-state index in [0.717, 1.165) is 32.4 Å². The Hall–Kier alpha value is -1.26. The second kappa shape index (κ2) is 6.47. The molecule has 1 rings (SSSR count). The molecule has 0 radical (unpaired) electrons. The molecule has 98 valence electrons. The fourth-order valence-corrected chi connectivity index (χ4v) is 2.04. The van der Waals surface area contributed by atoms with Crippen molar-refractivity contribution in [3.63, 3.8) is 0 Å². The molecule has 1 unspecified atom stereocenters. The first-order valence-electron chi connectivity index (χ1n) is 6.32. The van der Waals surface area contributed by atoms with E-state index in [2.05, 4.69) is 12.2 Å². The van der Waals surface area contributed by atoms with Crippen LogP contribution in [0.15, 0.2) is 0 Å². The Bertz CT molecular complexity index is 281. The van der Waals surface area contributed by atoms with Crippen molar-refractivity contribution in [2.24, 2.45) is 5.92 Å². The van der Waals surface area contributed by atoms with E-state index >= 15 is 0 Å². The number of amides is 2. The molecule has 0 bridgehead atoms. The number of rotatable bonds is 3. The van der Waals surface area contributed by atoms with E-state index in [9.17, 15) is 9.59 Å². The van der Waals surface area contributed by atoms with Crippen LogP contribution in [0.25, 0.3) is 0 Å². The highest BCUT2D eigenvalue weighted by Gasteiger charge is 2.23. The molecule has 1 aliphatic heterocycles. The molecule has 5 nitrogen and oxygen atoms in total. The molecule has 0 aliphatic carbocycles. The van der Waals surface area contributed by atoms with E-state index in [1.807, 2.05) is 0 Å². The summed E-state index contributed by atoms with van der Waals surface area (Å²) in [6, 6.07) is -1.02. The maximum Gasteiger partial charge on any atom is 0.326 e. The van der Waals surface area contributed by atoms with Crippen LogP contribution in [0.2, 0.25) is 0 Å². The minimum atomic E-state index is -0.968. The zero-order chi connectivity index (χ0) is 12.8. The average molecular weight is 242 g/mol. The SMILES string of the molecule is CC[C@@H](NC(=O)N1CCCC(C)CC1)C(=O)O. The second-order valence-corrected chi connectivity index (χ2v) is 4.77. The average Bonchev–Trinajstić information content (AvgIpc) is 2.50. The number of nitrogens with one attached hydrogen (secondary N) is 1. The Kier molecular flexibility index (Phi) is 5.25. The van der Waals surface area contributed by atoms with Crippen LogP contribution in [0.1, 0.15) is 39.5 Å². The van der Waals surface area contributed by atoms with Crippen LogP contribution in [0, 0.1) is 5.92 Å². The monoisotopic (exact) mass is 242 g/mol. The molecule has 2 atom stereocenters. The van der Waals surface area contributed by atoms with Gasteiger partial charge in [-0.25, -0.2) is 9.59 Å². The smallest absolute Gasteiger partial charge is 0.326 e. The minimum Gasteiger partial charge on any atom is -0.480 e. The quantitative estimate of drug-likeness (QED) is 0.791. The number of hydrogen-bond acceptors (Lipinski definition) is 2. The van der Waals surface area contributed by atoms with Crippen molar-refractivity contribution in [1.82, 2.24) is 10.2 Å². The summed E-state index contributed by atoms with van der Waals surface area (Å²) in [6.07, 6.45) is 3.54. The van der Waals surface area contributed by atoms with Gasteiger partial charge in [-0.15, -0.1) is 0 Å². The number of urea groups is 1. The number of hydrogen-bond donors (Lipinski definition) is 2. The summed E-state index contributed by atoms with van der Waals surface area (Å²) in [7, 11) is 0. The third-order valence-electron chi connectivity index (χ3n) is 3.31. The molecule has 1 fully saturated rings. The van der Waals surface area contributed by atoms with Crippen LogP contribution in [0.3, 0.4) is 0 Å². The van der Waals surface area contributed by atoms with E-state index in [1.165, 1.54) is 0 Å². The maximum atomic E-state index is 11.9. The van der Waals surface area contributed by atoms with E-state index in [1.54, 1.807) is 11.8 Å². The van der Waals surface area contributed by atoms with Gasteiger partial charge < -0.3 is 15.3 Å². The minimum absolute atomic E-state index is 0.242. The molecule has 0 saturated carbocycles. The summed E-state index contributed by atoms with van der Waals surface area (Å²) in [5.74, 6) is -0.321. The topological polar surface area (TPSA) is 69.6 Å². The fourth-order valence-electron chi connectivity index (χ4n) is 2.04. The highest BCUT2D eigenvalue weighted by molar-refractivity contribution is 5.82. The zero-order valence-corrected chi connectivity index (χ0v) is 10.6. The second-order valence-electron chi connectivity index (χ2n) is 4.77. The van der Waals surface area contributed by atoms with Crippen molar-refractivity contribution >= 4 is 12.0 Å². The largest absolute Gasteiger partial charge is 0.480 e. The molecule has 1 aliphatic rings. The van der Waals surface area contributed by atoms with Crippen molar-refractivity contribution in [3.8, 4) is 0 Å².